The van der Waals surface area contributed by atoms with Crippen molar-refractivity contribution >= 4 is 28.1 Å². The molecule has 0 bridgehead atoms. The highest BCUT2D eigenvalue weighted by Crippen LogP contribution is 2.15. The molecule has 80 valence electrons. The van der Waals surface area contributed by atoms with Crippen LogP contribution >= 0.6 is 22.9 Å². The van der Waals surface area contributed by atoms with E-state index in [9.17, 15) is 0 Å². The fraction of sp³-hybridized carbons (Fsp3) is 0.750. The number of aryl methyl sites for hydroxylation is 1. The van der Waals surface area contributed by atoms with Gasteiger partial charge in [-0.2, -0.15) is 0 Å². The number of anilines is 1. The van der Waals surface area contributed by atoms with Gasteiger partial charge in [0.1, 0.15) is 5.01 Å². The van der Waals surface area contributed by atoms with Crippen molar-refractivity contribution in [3.63, 3.8) is 0 Å². The van der Waals surface area contributed by atoms with Crippen molar-refractivity contribution in [1.29, 1.82) is 0 Å². The first-order valence-corrected chi connectivity index (χ1v) is 5.73. The summed E-state index contributed by atoms with van der Waals surface area (Å²) in [6.45, 7) is 2.56. The predicted octanol–water partition coefficient (Wildman–Crippen LogP) is 1.90. The minimum Gasteiger partial charge on any atom is -0.383 e. The van der Waals surface area contributed by atoms with E-state index in [2.05, 4.69) is 15.5 Å². The number of rotatable bonds is 6. The van der Waals surface area contributed by atoms with Crippen molar-refractivity contribution in [1.82, 2.24) is 10.2 Å². The van der Waals surface area contributed by atoms with E-state index in [-0.39, 0.29) is 6.04 Å². The minimum absolute atomic E-state index is 0.213. The monoisotopic (exact) mass is 235 g/mol. The molecule has 1 aromatic heterocycles. The van der Waals surface area contributed by atoms with Crippen molar-refractivity contribution in [3.8, 4) is 0 Å². The van der Waals surface area contributed by atoms with Crippen LogP contribution in [-0.2, 0) is 4.74 Å². The molecule has 1 atom stereocenters. The van der Waals surface area contributed by atoms with Gasteiger partial charge in [-0.3, -0.25) is 0 Å². The summed E-state index contributed by atoms with van der Waals surface area (Å²) in [4.78, 5) is 0. The van der Waals surface area contributed by atoms with E-state index in [1.807, 2.05) is 6.92 Å². The Balaban J connectivity index is 2.46. The van der Waals surface area contributed by atoms with Crippen molar-refractivity contribution in [3.05, 3.63) is 5.01 Å². The van der Waals surface area contributed by atoms with Crippen molar-refractivity contribution in [2.24, 2.45) is 0 Å². The van der Waals surface area contributed by atoms with Gasteiger partial charge in [0.2, 0.25) is 5.13 Å². The van der Waals surface area contributed by atoms with Gasteiger partial charge in [-0.05, 0) is 13.3 Å². The fourth-order valence-electron chi connectivity index (χ4n) is 1.06. The third kappa shape index (κ3) is 3.77. The lowest BCUT2D eigenvalue weighted by Gasteiger charge is -2.14. The van der Waals surface area contributed by atoms with Gasteiger partial charge >= 0.3 is 0 Å². The number of ether oxygens (including phenoxy) is 1. The van der Waals surface area contributed by atoms with Crippen LogP contribution in [0.2, 0.25) is 0 Å². The Morgan fingerprint density at radius 3 is 2.86 bits per heavy atom. The lowest BCUT2D eigenvalue weighted by Crippen LogP contribution is -2.25. The van der Waals surface area contributed by atoms with E-state index >= 15 is 0 Å². The molecular weight excluding hydrogens is 222 g/mol. The van der Waals surface area contributed by atoms with Gasteiger partial charge in [0.25, 0.3) is 0 Å². The molecular formula is C8H14ClN3OS. The Hall–Kier alpha value is -0.390. The number of hydrogen-bond acceptors (Lipinski definition) is 5. The molecule has 1 aromatic rings. The van der Waals surface area contributed by atoms with E-state index in [1.165, 1.54) is 11.3 Å². The molecule has 1 N–H and O–H groups in total. The molecule has 1 unspecified atom stereocenters. The molecule has 0 aliphatic carbocycles. The first-order valence-electron chi connectivity index (χ1n) is 4.37. The van der Waals surface area contributed by atoms with E-state index in [0.717, 1.165) is 16.6 Å². The SMILES string of the molecule is COCC(CCCl)Nc1nnc(C)s1. The average Bonchev–Trinajstić information content (AvgIpc) is 2.52. The standard InChI is InChI=1S/C8H14ClN3OS/c1-6-11-12-8(14-6)10-7(3-4-9)5-13-2/h7H,3-5H2,1-2H3,(H,10,12). The molecule has 0 radical (unpaired) electrons. The van der Waals surface area contributed by atoms with Crippen LogP contribution in [0.3, 0.4) is 0 Å². The predicted molar refractivity (Wildman–Crippen MR) is 59.3 cm³/mol. The van der Waals surface area contributed by atoms with Crippen LogP contribution in [0.5, 0.6) is 0 Å². The smallest absolute Gasteiger partial charge is 0.205 e. The maximum atomic E-state index is 5.68. The Morgan fingerprint density at radius 1 is 1.57 bits per heavy atom. The number of alkyl halides is 1. The van der Waals surface area contributed by atoms with Crippen LogP contribution in [-0.4, -0.2) is 35.8 Å². The Labute approximate surface area is 92.6 Å². The van der Waals surface area contributed by atoms with Gasteiger partial charge in [0.05, 0.1) is 12.6 Å². The molecule has 1 heterocycles. The van der Waals surface area contributed by atoms with E-state index in [4.69, 9.17) is 16.3 Å². The average molecular weight is 236 g/mol. The lowest BCUT2D eigenvalue weighted by molar-refractivity contribution is 0.184. The number of aromatic nitrogens is 2. The second-order valence-electron chi connectivity index (χ2n) is 2.90. The first-order chi connectivity index (χ1) is 6.76. The van der Waals surface area contributed by atoms with Crippen LogP contribution in [0.25, 0.3) is 0 Å². The van der Waals surface area contributed by atoms with Gasteiger partial charge in [0.15, 0.2) is 0 Å². The summed E-state index contributed by atoms with van der Waals surface area (Å²) >= 11 is 7.21. The van der Waals surface area contributed by atoms with Crippen molar-refractivity contribution < 1.29 is 4.74 Å². The van der Waals surface area contributed by atoms with Gasteiger partial charge in [-0.15, -0.1) is 21.8 Å². The van der Waals surface area contributed by atoms with Crippen LogP contribution in [0.1, 0.15) is 11.4 Å². The molecule has 0 aliphatic heterocycles. The summed E-state index contributed by atoms with van der Waals surface area (Å²) in [6, 6.07) is 0.213. The lowest BCUT2D eigenvalue weighted by atomic mass is 10.2. The van der Waals surface area contributed by atoms with Crippen LogP contribution in [0.15, 0.2) is 0 Å². The normalized spacial score (nSPS) is 12.8. The number of halogens is 1. The molecule has 0 aliphatic rings. The summed E-state index contributed by atoms with van der Waals surface area (Å²) in [5, 5.41) is 12.9. The van der Waals surface area contributed by atoms with E-state index < -0.39 is 0 Å². The van der Waals surface area contributed by atoms with Gasteiger partial charge in [-0.25, -0.2) is 0 Å². The minimum atomic E-state index is 0.213. The number of nitrogens with zero attached hydrogens (tertiary/aromatic N) is 2. The molecule has 6 heteroatoms. The first kappa shape index (κ1) is 11.7. The third-order valence-corrected chi connectivity index (χ3v) is 2.67. The fourth-order valence-corrected chi connectivity index (χ4v) is 1.99. The number of nitrogens with one attached hydrogen (secondary N) is 1. The molecule has 0 spiro atoms. The zero-order valence-corrected chi connectivity index (χ0v) is 9.86. The molecule has 0 saturated carbocycles. The maximum absolute atomic E-state index is 5.68. The summed E-state index contributed by atoms with van der Waals surface area (Å²) < 4.78 is 5.07. The van der Waals surface area contributed by atoms with Gasteiger partial charge in [0, 0.05) is 13.0 Å². The van der Waals surface area contributed by atoms with E-state index in [0.29, 0.717) is 12.5 Å². The van der Waals surface area contributed by atoms with Crippen LogP contribution < -0.4 is 5.32 Å². The zero-order valence-electron chi connectivity index (χ0n) is 8.29. The van der Waals surface area contributed by atoms with Crippen molar-refractivity contribution in [2.45, 2.75) is 19.4 Å². The number of hydrogen-bond donors (Lipinski definition) is 1. The van der Waals surface area contributed by atoms with Crippen LogP contribution in [0, 0.1) is 6.92 Å². The molecule has 1 rings (SSSR count). The molecule has 14 heavy (non-hydrogen) atoms. The quantitative estimate of drug-likeness (QED) is 0.766. The number of methoxy groups -OCH3 is 1. The Kier molecular flexibility index (Phi) is 5.14. The maximum Gasteiger partial charge on any atom is 0.205 e. The Morgan fingerprint density at radius 2 is 2.36 bits per heavy atom. The summed E-state index contributed by atoms with van der Waals surface area (Å²) in [6.07, 6.45) is 0.855. The Bertz CT molecular complexity index is 263. The summed E-state index contributed by atoms with van der Waals surface area (Å²) in [7, 11) is 1.67. The largest absolute Gasteiger partial charge is 0.383 e. The molecule has 0 saturated heterocycles. The summed E-state index contributed by atoms with van der Waals surface area (Å²) in [5.74, 6) is 0.610. The third-order valence-electron chi connectivity index (χ3n) is 1.68. The summed E-state index contributed by atoms with van der Waals surface area (Å²) in [5.41, 5.74) is 0. The van der Waals surface area contributed by atoms with Crippen molar-refractivity contribution in [2.75, 3.05) is 24.9 Å². The highest BCUT2D eigenvalue weighted by molar-refractivity contribution is 7.15. The highest BCUT2D eigenvalue weighted by atomic mass is 35.5. The molecule has 0 aromatic carbocycles. The van der Waals surface area contributed by atoms with Crippen LogP contribution in [0.4, 0.5) is 5.13 Å². The van der Waals surface area contributed by atoms with E-state index in [1.54, 1.807) is 7.11 Å². The molecule has 4 nitrogen and oxygen atoms in total. The zero-order chi connectivity index (χ0) is 10.4. The topological polar surface area (TPSA) is 47.0 Å². The second kappa shape index (κ2) is 6.16. The van der Waals surface area contributed by atoms with Gasteiger partial charge in [-0.1, -0.05) is 11.3 Å². The second-order valence-corrected chi connectivity index (χ2v) is 4.46. The highest BCUT2D eigenvalue weighted by Gasteiger charge is 2.09. The molecule has 0 amide bonds. The van der Waals surface area contributed by atoms with Gasteiger partial charge < -0.3 is 10.1 Å². The molecule has 0 fully saturated rings.